The summed E-state index contributed by atoms with van der Waals surface area (Å²) >= 11 is 13.7. The number of carbonyl (C=O) groups excluding carboxylic acids is 1. The number of nitrogens with one attached hydrogen (secondary N) is 1. The zero-order chi connectivity index (χ0) is 25.4. The monoisotopic (exact) mass is 548 g/mol. The zero-order valence-electron chi connectivity index (χ0n) is 19.3. The van der Waals surface area contributed by atoms with Crippen LogP contribution in [0.25, 0.3) is 16.0 Å². The van der Waals surface area contributed by atoms with Gasteiger partial charge in [-0.3, -0.25) is 9.36 Å². The van der Waals surface area contributed by atoms with E-state index in [0.717, 1.165) is 42.8 Å². The molecule has 1 saturated heterocycles. The smallest absolute Gasteiger partial charge is 0.262 e. The first-order valence-corrected chi connectivity index (χ1v) is 13.0. The molecule has 0 radical (unpaired) electrons. The van der Waals surface area contributed by atoms with Gasteiger partial charge in [-0.05, 0) is 45.0 Å². The first-order valence-electron chi connectivity index (χ1n) is 11.4. The molecule has 0 saturated carbocycles. The van der Waals surface area contributed by atoms with Crippen molar-refractivity contribution in [1.82, 2.24) is 14.9 Å². The van der Waals surface area contributed by atoms with E-state index in [1.165, 1.54) is 18.5 Å². The predicted molar refractivity (Wildman–Crippen MR) is 139 cm³/mol. The fourth-order valence-corrected chi connectivity index (χ4v) is 5.61. The van der Waals surface area contributed by atoms with Gasteiger partial charge in [0.15, 0.2) is 0 Å². The van der Waals surface area contributed by atoms with Crippen LogP contribution in [0.3, 0.4) is 0 Å². The number of nitrogens with two attached hydrogens (primary N) is 1. The van der Waals surface area contributed by atoms with Gasteiger partial charge < -0.3 is 20.5 Å². The summed E-state index contributed by atoms with van der Waals surface area (Å²) in [6, 6.07) is 9.99. The summed E-state index contributed by atoms with van der Waals surface area (Å²) in [6.45, 7) is 3.65. The van der Waals surface area contributed by atoms with Gasteiger partial charge in [0.05, 0.1) is 21.1 Å². The number of thiophene rings is 1. The summed E-state index contributed by atoms with van der Waals surface area (Å²) in [5.74, 6) is -0.305. The highest BCUT2D eigenvalue weighted by atomic mass is 35.5. The number of amides is 1. The minimum absolute atomic E-state index is 0.0159. The van der Waals surface area contributed by atoms with Crippen LogP contribution in [0.1, 0.15) is 41.1 Å². The molecule has 5 rings (SSSR count). The molecule has 1 atom stereocenters. The second kappa shape index (κ2) is 10.3. The van der Waals surface area contributed by atoms with Crippen LogP contribution in [0, 0.1) is 5.82 Å². The maximum Gasteiger partial charge on any atom is 0.262 e. The second-order valence-electron chi connectivity index (χ2n) is 8.50. The molecule has 0 aliphatic carbocycles. The Morgan fingerprint density at radius 2 is 2.03 bits per heavy atom. The summed E-state index contributed by atoms with van der Waals surface area (Å²) in [4.78, 5) is 16.7. The zero-order valence-corrected chi connectivity index (χ0v) is 21.6. The molecule has 0 bridgehead atoms. The first kappa shape index (κ1) is 24.8. The molecular weight excluding hydrogens is 526 g/mol. The van der Waals surface area contributed by atoms with Gasteiger partial charge in [0.2, 0.25) is 0 Å². The van der Waals surface area contributed by atoms with E-state index in [4.69, 9.17) is 38.4 Å². The van der Waals surface area contributed by atoms with E-state index >= 15 is 0 Å². The number of halogens is 3. The summed E-state index contributed by atoms with van der Waals surface area (Å²) in [5.41, 5.74) is 7.38. The van der Waals surface area contributed by atoms with Gasteiger partial charge in [-0.1, -0.05) is 35.3 Å². The van der Waals surface area contributed by atoms with Crippen LogP contribution in [0.2, 0.25) is 10.0 Å². The van der Waals surface area contributed by atoms with Crippen LogP contribution < -0.4 is 20.5 Å². The van der Waals surface area contributed by atoms with Gasteiger partial charge in [-0.2, -0.15) is 0 Å². The van der Waals surface area contributed by atoms with Crippen LogP contribution in [-0.4, -0.2) is 34.7 Å². The highest BCUT2D eigenvalue weighted by Gasteiger charge is 2.23. The van der Waals surface area contributed by atoms with Crippen molar-refractivity contribution < 1.29 is 18.7 Å². The molecule has 1 amide bonds. The van der Waals surface area contributed by atoms with Crippen molar-refractivity contribution in [3.63, 3.8) is 0 Å². The highest BCUT2D eigenvalue weighted by molar-refractivity contribution is 7.16. The lowest BCUT2D eigenvalue weighted by Gasteiger charge is -2.25. The molecule has 2 aromatic heterocycles. The number of hydrogen-bond acceptors (Lipinski definition) is 6. The van der Waals surface area contributed by atoms with Crippen LogP contribution >= 0.6 is 34.5 Å². The van der Waals surface area contributed by atoms with Gasteiger partial charge in [0.1, 0.15) is 45.7 Å². The number of benzene rings is 2. The SMILES string of the molecule is CC(Oc1cc(-n2cnc3cc(Cl)c(F)cc32)sc1C(N)=O)c1cccc(OC2CCNCC2)c1Cl. The van der Waals surface area contributed by atoms with E-state index in [2.05, 4.69) is 10.3 Å². The Kier molecular flexibility index (Phi) is 7.07. The summed E-state index contributed by atoms with van der Waals surface area (Å²) in [6.07, 6.45) is 2.94. The number of primary amides is 1. The highest BCUT2D eigenvalue weighted by Crippen LogP contribution is 2.39. The van der Waals surface area contributed by atoms with Crippen molar-refractivity contribution in [2.75, 3.05) is 13.1 Å². The molecule has 7 nitrogen and oxygen atoms in total. The van der Waals surface area contributed by atoms with E-state index in [9.17, 15) is 9.18 Å². The molecule has 1 fully saturated rings. The Morgan fingerprint density at radius 1 is 1.25 bits per heavy atom. The lowest BCUT2D eigenvalue weighted by Crippen LogP contribution is -2.34. The largest absolute Gasteiger partial charge is 0.489 e. The minimum Gasteiger partial charge on any atom is -0.489 e. The summed E-state index contributed by atoms with van der Waals surface area (Å²) < 4.78 is 28.1. The van der Waals surface area contributed by atoms with Gasteiger partial charge in [-0.25, -0.2) is 9.37 Å². The van der Waals surface area contributed by atoms with Crippen LogP contribution in [0.4, 0.5) is 4.39 Å². The third-order valence-electron chi connectivity index (χ3n) is 6.05. The van der Waals surface area contributed by atoms with E-state index in [0.29, 0.717) is 32.6 Å². The van der Waals surface area contributed by atoms with E-state index in [1.807, 2.05) is 25.1 Å². The van der Waals surface area contributed by atoms with Gasteiger partial charge in [0, 0.05) is 17.7 Å². The maximum absolute atomic E-state index is 14.1. The number of piperidine rings is 1. The Hall–Kier alpha value is -2.85. The van der Waals surface area contributed by atoms with Crippen LogP contribution in [0.15, 0.2) is 42.7 Å². The average Bonchev–Trinajstić information content (AvgIpc) is 3.45. The number of hydrogen-bond donors (Lipinski definition) is 2. The number of aromatic nitrogens is 2. The molecule has 188 valence electrons. The van der Waals surface area contributed by atoms with Crippen molar-refractivity contribution in [3.05, 3.63) is 69.0 Å². The Labute approximate surface area is 220 Å². The molecule has 11 heteroatoms. The number of nitrogens with zero attached hydrogens (tertiary/aromatic N) is 2. The van der Waals surface area contributed by atoms with Crippen molar-refractivity contribution in [2.24, 2.45) is 5.73 Å². The third-order valence-corrected chi connectivity index (χ3v) is 7.87. The van der Waals surface area contributed by atoms with E-state index in [1.54, 1.807) is 10.6 Å². The number of carbonyl (C=O) groups is 1. The van der Waals surface area contributed by atoms with Crippen molar-refractivity contribution in [1.29, 1.82) is 0 Å². The van der Waals surface area contributed by atoms with Crippen LogP contribution in [-0.2, 0) is 0 Å². The molecule has 1 unspecified atom stereocenters. The minimum atomic E-state index is -0.638. The van der Waals surface area contributed by atoms with Crippen molar-refractivity contribution in [3.8, 4) is 16.5 Å². The number of rotatable bonds is 7. The molecule has 2 aromatic carbocycles. The number of fused-ring (bicyclic) bond motifs is 1. The Bertz CT molecular complexity index is 1430. The van der Waals surface area contributed by atoms with Gasteiger partial charge in [-0.15, -0.1) is 11.3 Å². The maximum atomic E-state index is 14.1. The number of ether oxygens (including phenoxy) is 2. The van der Waals surface area contributed by atoms with Gasteiger partial charge in [0.25, 0.3) is 5.91 Å². The average molecular weight is 549 g/mol. The lowest BCUT2D eigenvalue weighted by molar-refractivity contribution is 0.0998. The number of imidazole rings is 1. The molecule has 0 spiro atoms. The second-order valence-corrected chi connectivity index (χ2v) is 10.3. The molecule has 1 aliphatic heterocycles. The summed E-state index contributed by atoms with van der Waals surface area (Å²) in [5, 5.41) is 4.35. The first-order chi connectivity index (χ1) is 17.3. The van der Waals surface area contributed by atoms with E-state index in [-0.39, 0.29) is 16.0 Å². The lowest BCUT2D eigenvalue weighted by atomic mass is 10.1. The van der Waals surface area contributed by atoms with Gasteiger partial charge >= 0.3 is 0 Å². The molecule has 36 heavy (non-hydrogen) atoms. The fraction of sp³-hybridized carbons (Fsp3) is 0.280. The predicted octanol–water partition coefficient (Wildman–Crippen LogP) is 5.90. The van der Waals surface area contributed by atoms with E-state index < -0.39 is 17.8 Å². The Morgan fingerprint density at radius 3 is 2.78 bits per heavy atom. The normalized spacial score (nSPS) is 15.2. The molecule has 3 heterocycles. The molecular formula is C25H23Cl2FN4O3S. The molecule has 1 aliphatic rings. The molecule has 4 aromatic rings. The standard InChI is InChI=1S/C25H23Cl2FN4O3S/c1-13(15-3-2-4-20(23(15)27)35-14-5-7-30-8-6-14)34-21-11-22(36-24(21)25(29)33)32-12-31-18-9-16(26)17(28)10-19(18)32/h2-4,9-14,30H,5-8H2,1H3,(H2,29,33). The molecule has 3 N–H and O–H groups in total. The summed E-state index contributed by atoms with van der Waals surface area (Å²) in [7, 11) is 0. The Balaban J connectivity index is 1.43. The third kappa shape index (κ3) is 4.88. The van der Waals surface area contributed by atoms with Crippen molar-refractivity contribution >= 4 is 51.5 Å². The van der Waals surface area contributed by atoms with Crippen molar-refractivity contribution in [2.45, 2.75) is 32.0 Å². The van der Waals surface area contributed by atoms with Crippen LogP contribution in [0.5, 0.6) is 11.5 Å². The quantitative estimate of drug-likeness (QED) is 0.300. The topological polar surface area (TPSA) is 91.4 Å². The fourth-order valence-electron chi connectivity index (χ4n) is 4.20.